The fourth-order valence-electron chi connectivity index (χ4n) is 1.76. The minimum absolute atomic E-state index is 0. The van der Waals surface area contributed by atoms with Gasteiger partial charge in [-0.3, -0.25) is 4.79 Å². The Bertz CT molecular complexity index is 1030. The van der Waals surface area contributed by atoms with Gasteiger partial charge in [0.15, 0.2) is 6.29 Å². The third-order valence-electron chi connectivity index (χ3n) is 3.58. The third-order valence-corrected chi connectivity index (χ3v) is 3.88. The second kappa shape index (κ2) is 18.9. The Kier molecular flexibility index (Phi) is 16.7. The number of aliphatic hydroxyl groups is 1. The van der Waals surface area contributed by atoms with E-state index in [1.165, 1.54) is 24.8 Å². The normalized spacial score (nSPS) is 9.05. The van der Waals surface area contributed by atoms with Crippen LogP contribution in [0, 0.1) is 0 Å². The van der Waals surface area contributed by atoms with Crippen LogP contribution in [-0.2, 0) is 19.0 Å². The summed E-state index contributed by atoms with van der Waals surface area (Å²) in [5, 5.41) is 8.51. The van der Waals surface area contributed by atoms with Crippen molar-refractivity contribution < 1.29 is 9.90 Å². The number of nitrogens with two attached hydrogens (primary N) is 5. The highest BCUT2D eigenvalue weighted by Crippen LogP contribution is 1.99. The molecule has 0 amide bonds. The standard InChI is InChI=1S/C5H6ClN3.C5H8N4.C5H7N3O.C5H5N3O.ClH/c2*6-1-4-2-8-5(7)9-3-4;2*6-5-7-1-4(3-9)2-8-5;/h2-3H,1H2,(H2,7,8,9);2-3H,1,6H2,(H2,7,8,9);1-2,9H,3H2,(H2,6,7,8);1-3H,(H2,6,7,8);1H. The van der Waals surface area contributed by atoms with Crippen molar-refractivity contribution in [1.29, 1.82) is 0 Å². The summed E-state index contributed by atoms with van der Waals surface area (Å²) < 4.78 is 0. The fraction of sp³-hybridized carbons (Fsp3) is 0.150. The average molecular weight is 552 g/mol. The molecule has 0 atom stereocenters. The lowest BCUT2D eigenvalue weighted by Gasteiger charge is -1.92. The Morgan fingerprint density at radius 1 is 0.649 bits per heavy atom. The topological polar surface area (TPSA) is 271 Å². The summed E-state index contributed by atoms with van der Waals surface area (Å²) in [6.07, 6.45) is 12.8. The molecule has 37 heavy (non-hydrogen) atoms. The van der Waals surface area contributed by atoms with Crippen LogP contribution in [0.25, 0.3) is 0 Å². The van der Waals surface area contributed by atoms with Crippen LogP contribution in [0.1, 0.15) is 27.0 Å². The van der Waals surface area contributed by atoms with Gasteiger partial charge in [0.05, 0.1) is 18.1 Å². The summed E-state index contributed by atoms with van der Waals surface area (Å²) >= 11 is 5.46. The number of aliphatic hydroxyl groups excluding tert-OH is 1. The zero-order valence-corrected chi connectivity index (χ0v) is 21.0. The van der Waals surface area contributed by atoms with E-state index in [4.69, 9.17) is 45.4 Å². The highest BCUT2D eigenvalue weighted by molar-refractivity contribution is 6.17. The van der Waals surface area contributed by atoms with Gasteiger partial charge in [-0.15, -0.1) is 24.0 Å². The number of nitrogens with zero attached hydrogens (tertiary/aromatic N) is 8. The van der Waals surface area contributed by atoms with Gasteiger partial charge in [-0.25, -0.2) is 39.9 Å². The van der Waals surface area contributed by atoms with E-state index in [0.717, 1.165) is 11.1 Å². The predicted octanol–water partition coefficient (Wildman–Crippen LogP) is 0.159. The minimum Gasteiger partial charge on any atom is -0.392 e. The quantitative estimate of drug-likeness (QED) is 0.145. The number of nitrogen functional groups attached to an aromatic ring is 4. The van der Waals surface area contributed by atoms with Gasteiger partial charge in [0.2, 0.25) is 23.8 Å². The Hall–Kier alpha value is -4.31. The number of rotatable bonds is 4. The summed E-state index contributed by atoms with van der Waals surface area (Å²) in [6, 6.07) is 0. The number of alkyl halides is 1. The number of anilines is 4. The smallest absolute Gasteiger partial charge is 0.219 e. The molecule has 0 saturated carbocycles. The molecule has 0 aliphatic rings. The molecular formula is C20H27Cl2N13O2. The molecule has 4 rings (SSSR count). The molecule has 0 spiro atoms. The van der Waals surface area contributed by atoms with Gasteiger partial charge in [-0.2, -0.15) is 0 Å². The molecule has 4 heterocycles. The lowest BCUT2D eigenvalue weighted by molar-refractivity contribution is 0.112. The molecule has 0 aromatic carbocycles. The zero-order valence-electron chi connectivity index (χ0n) is 19.4. The number of aromatic nitrogens is 8. The van der Waals surface area contributed by atoms with E-state index in [-0.39, 0.29) is 42.8 Å². The van der Waals surface area contributed by atoms with Gasteiger partial charge >= 0.3 is 0 Å². The summed E-state index contributed by atoms with van der Waals surface area (Å²) in [6.45, 7) is 0.417. The maximum atomic E-state index is 10.00. The van der Waals surface area contributed by atoms with Crippen LogP contribution in [0.3, 0.4) is 0 Å². The Morgan fingerprint density at radius 2 is 0.973 bits per heavy atom. The summed E-state index contributed by atoms with van der Waals surface area (Å²) in [4.78, 5) is 39.4. The van der Waals surface area contributed by atoms with E-state index >= 15 is 0 Å². The molecule has 198 valence electrons. The molecule has 11 N–H and O–H groups in total. The first-order chi connectivity index (χ1) is 17.3. The predicted molar refractivity (Wildman–Crippen MR) is 142 cm³/mol. The van der Waals surface area contributed by atoms with E-state index in [2.05, 4.69) is 39.9 Å². The maximum Gasteiger partial charge on any atom is 0.219 e. The van der Waals surface area contributed by atoms with Crippen molar-refractivity contribution in [2.24, 2.45) is 5.73 Å². The van der Waals surface area contributed by atoms with Crippen LogP contribution in [0.2, 0.25) is 0 Å². The minimum atomic E-state index is -0.0414. The van der Waals surface area contributed by atoms with Gasteiger partial charge in [0.25, 0.3) is 0 Å². The molecule has 17 heteroatoms. The van der Waals surface area contributed by atoms with Crippen LogP contribution < -0.4 is 28.7 Å². The van der Waals surface area contributed by atoms with Gasteiger partial charge in [-0.05, 0) is 0 Å². The van der Waals surface area contributed by atoms with E-state index < -0.39 is 0 Å². The molecule has 0 aliphatic heterocycles. The van der Waals surface area contributed by atoms with E-state index in [1.807, 2.05) is 0 Å². The lowest BCUT2D eigenvalue weighted by Crippen LogP contribution is -2.00. The summed E-state index contributed by atoms with van der Waals surface area (Å²) in [5.74, 6) is 1.41. The van der Waals surface area contributed by atoms with Gasteiger partial charge in [-0.1, -0.05) is 0 Å². The first-order valence-corrected chi connectivity index (χ1v) is 10.4. The van der Waals surface area contributed by atoms with Crippen molar-refractivity contribution in [3.05, 3.63) is 71.8 Å². The van der Waals surface area contributed by atoms with Crippen LogP contribution >= 0.6 is 24.0 Å². The molecule has 0 aliphatic carbocycles. The molecular weight excluding hydrogens is 525 g/mol. The van der Waals surface area contributed by atoms with Crippen molar-refractivity contribution in [2.75, 3.05) is 22.9 Å². The maximum absolute atomic E-state index is 10.00. The van der Waals surface area contributed by atoms with Crippen molar-refractivity contribution in [2.45, 2.75) is 19.0 Å². The molecule has 4 aromatic heterocycles. The highest BCUT2D eigenvalue weighted by Gasteiger charge is 1.91. The zero-order chi connectivity index (χ0) is 26.8. The van der Waals surface area contributed by atoms with E-state index in [0.29, 0.717) is 29.8 Å². The number of hydrogen-bond donors (Lipinski definition) is 6. The number of hydrogen-bond acceptors (Lipinski definition) is 15. The number of halogens is 2. The summed E-state index contributed by atoms with van der Waals surface area (Å²) in [7, 11) is 0. The van der Waals surface area contributed by atoms with Crippen LogP contribution in [-0.4, -0.2) is 51.3 Å². The molecule has 0 unspecified atom stereocenters. The van der Waals surface area contributed by atoms with Crippen molar-refractivity contribution in [3.8, 4) is 0 Å². The third kappa shape index (κ3) is 14.6. The highest BCUT2D eigenvalue weighted by atomic mass is 35.5. The SMILES string of the molecule is Cl.NCc1cnc(N)nc1.Nc1ncc(C=O)cn1.Nc1ncc(CCl)cn1.Nc1ncc(CO)cn1. The monoisotopic (exact) mass is 551 g/mol. The van der Waals surface area contributed by atoms with Crippen LogP contribution in [0.4, 0.5) is 23.8 Å². The first kappa shape index (κ1) is 32.7. The molecule has 0 bridgehead atoms. The Morgan fingerprint density at radius 3 is 1.27 bits per heavy atom. The van der Waals surface area contributed by atoms with Crippen LogP contribution in [0.15, 0.2) is 49.6 Å². The molecule has 0 saturated heterocycles. The van der Waals surface area contributed by atoms with Gasteiger partial charge in [0.1, 0.15) is 0 Å². The van der Waals surface area contributed by atoms with Crippen molar-refractivity contribution >= 4 is 54.1 Å². The number of aldehydes is 1. The van der Waals surface area contributed by atoms with E-state index in [1.54, 1.807) is 24.8 Å². The second-order valence-electron chi connectivity index (χ2n) is 6.34. The van der Waals surface area contributed by atoms with Gasteiger partial charge in [0, 0.05) is 72.8 Å². The number of carbonyl (C=O) groups excluding carboxylic acids is 1. The Balaban J connectivity index is 0.000000463. The first-order valence-electron chi connectivity index (χ1n) is 9.90. The fourth-order valence-corrected chi connectivity index (χ4v) is 1.90. The van der Waals surface area contributed by atoms with Gasteiger partial charge < -0.3 is 33.8 Å². The molecule has 15 nitrogen and oxygen atoms in total. The number of carbonyl (C=O) groups is 1. The molecule has 4 aromatic rings. The lowest BCUT2D eigenvalue weighted by atomic mass is 10.3. The summed E-state index contributed by atoms with van der Waals surface area (Å²) in [5.41, 5.74) is 28.9. The van der Waals surface area contributed by atoms with Crippen LogP contribution in [0.5, 0.6) is 0 Å². The largest absolute Gasteiger partial charge is 0.392 e. The average Bonchev–Trinajstić information content (AvgIpc) is 2.92. The second-order valence-corrected chi connectivity index (χ2v) is 6.60. The molecule has 0 radical (unpaired) electrons. The van der Waals surface area contributed by atoms with E-state index in [9.17, 15) is 4.79 Å². The van der Waals surface area contributed by atoms with Crippen molar-refractivity contribution in [3.63, 3.8) is 0 Å². The Labute approximate surface area is 223 Å². The molecule has 0 fully saturated rings. The van der Waals surface area contributed by atoms with Crippen molar-refractivity contribution in [1.82, 2.24) is 39.9 Å².